The largest absolute Gasteiger partial charge is 0.343 e. The minimum absolute atomic E-state index is 0.105. The lowest BCUT2D eigenvalue weighted by molar-refractivity contribution is -0.133. The maximum atomic E-state index is 12.2. The minimum atomic E-state index is 0.105. The summed E-state index contributed by atoms with van der Waals surface area (Å²) in [5.74, 6) is 2.02. The number of nitrogens with zero attached hydrogens (tertiary/aromatic N) is 4. The summed E-state index contributed by atoms with van der Waals surface area (Å²) in [4.78, 5) is 36.9. The number of aromatic nitrogens is 2. The summed E-state index contributed by atoms with van der Waals surface area (Å²) in [5.41, 5.74) is 2.15. The molecule has 0 unspecified atom stereocenters. The van der Waals surface area contributed by atoms with E-state index in [1.165, 1.54) is 0 Å². The molecular weight excluding hydrogens is 316 g/mol. The van der Waals surface area contributed by atoms with Crippen LogP contribution in [0.15, 0.2) is 6.20 Å². The minimum Gasteiger partial charge on any atom is -0.343 e. The number of fused-ring (bicyclic) bond motifs is 1. The van der Waals surface area contributed by atoms with E-state index in [9.17, 15) is 9.59 Å². The summed E-state index contributed by atoms with van der Waals surface area (Å²) in [6, 6.07) is 0. The fourth-order valence-corrected chi connectivity index (χ4v) is 3.66. The van der Waals surface area contributed by atoms with E-state index in [0.29, 0.717) is 24.8 Å². The van der Waals surface area contributed by atoms with E-state index < -0.39 is 0 Å². The third kappa shape index (κ3) is 4.17. The van der Waals surface area contributed by atoms with Crippen LogP contribution >= 0.6 is 0 Å². The highest BCUT2D eigenvalue weighted by molar-refractivity contribution is 5.76. The molecular formula is C19H28N4O2. The molecule has 2 amide bonds. The summed E-state index contributed by atoms with van der Waals surface area (Å²) in [6.07, 6.45) is 5.19. The van der Waals surface area contributed by atoms with Crippen LogP contribution < -0.4 is 0 Å². The standard InChI is InChI=1S/C19H28N4O2/c1-13(2)10-18(25)22-7-4-15(5-8-22)19-20-11-16-12-23(14(3)24)9-6-17(16)21-19/h11,13,15H,4-10,12H2,1-3H3. The van der Waals surface area contributed by atoms with Gasteiger partial charge in [-0.2, -0.15) is 0 Å². The van der Waals surface area contributed by atoms with Gasteiger partial charge in [-0.15, -0.1) is 0 Å². The predicted octanol–water partition coefficient (Wildman–Crippen LogP) is 2.13. The lowest BCUT2D eigenvalue weighted by Gasteiger charge is -2.32. The molecule has 25 heavy (non-hydrogen) atoms. The highest BCUT2D eigenvalue weighted by Crippen LogP contribution is 2.27. The molecule has 0 atom stereocenters. The van der Waals surface area contributed by atoms with E-state index in [0.717, 1.165) is 56.0 Å². The maximum absolute atomic E-state index is 12.2. The first kappa shape index (κ1) is 17.8. The second kappa shape index (κ2) is 7.50. The molecule has 0 saturated carbocycles. The monoisotopic (exact) mass is 344 g/mol. The van der Waals surface area contributed by atoms with Crippen LogP contribution in [0.3, 0.4) is 0 Å². The van der Waals surface area contributed by atoms with Gasteiger partial charge in [-0.3, -0.25) is 9.59 Å². The van der Waals surface area contributed by atoms with Gasteiger partial charge < -0.3 is 9.80 Å². The topological polar surface area (TPSA) is 66.4 Å². The van der Waals surface area contributed by atoms with E-state index in [-0.39, 0.29) is 11.8 Å². The number of carbonyl (C=O) groups is 2. The smallest absolute Gasteiger partial charge is 0.222 e. The van der Waals surface area contributed by atoms with E-state index in [4.69, 9.17) is 4.98 Å². The zero-order valence-electron chi connectivity index (χ0n) is 15.5. The molecule has 1 saturated heterocycles. The molecule has 6 heteroatoms. The number of rotatable bonds is 3. The molecule has 0 radical (unpaired) electrons. The van der Waals surface area contributed by atoms with Gasteiger partial charge in [0.1, 0.15) is 5.82 Å². The van der Waals surface area contributed by atoms with E-state index >= 15 is 0 Å². The van der Waals surface area contributed by atoms with Crippen molar-refractivity contribution >= 4 is 11.8 Å². The summed E-state index contributed by atoms with van der Waals surface area (Å²) < 4.78 is 0. The Kier molecular flexibility index (Phi) is 5.35. The highest BCUT2D eigenvalue weighted by Gasteiger charge is 2.27. The first-order valence-electron chi connectivity index (χ1n) is 9.32. The van der Waals surface area contributed by atoms with Crippen molar-refractivity contribution in [2.24, 2.45) is 5.92 Å². The molecule has 136 valence electrons. The third-order valence-electron chi connectivity index (χ3n) is 5.19. The molecule has 1 aromatic rings. The van der Waals surface area contributed by atoms with Crippen LogP contribution in [0, 0.1) is 5.92 Å². The van der Waals surface area contributed by atoms with Crippen LogP contribution in [-0.4, -0.2) is 51.2 Å². The van der Waals surface area contributed by atoms with Crippen LogP contribution in [0.5, 0.6) is 0 Å². The Morgan fingerprint density at radius 3 is 2.56 bits per heavy atom. The molecule has 1 aromatic heterocycles. The number of carbonyl (C=O) groups excluding carboxylic acids is 2. The molecule has 0 N–H and O–H groups in total. The molecule has 3 rings (SSSR count). The summed E-state index contributed by atoms with van der Waals surface area (Å²) >= 11 is 0. The fourth-order valence-electron chi connectivity index (χ4n) is 3.66. The lowest BCUT2D eigenvalue weighted by atomic mass is 9.94. The normalized spacial score (nSPS) is 18.4. The summed E-state index contributed by atoms with van der Waals surface area (Å²) in [7, 11) is 0. The first-order valence-corrected chi connectivity index (χ1v) is 9.32. The van der Waals surface area contributed by atoms with E-state index in [1.54, 1.807) is 6.92 Å². The summed E-state index contributed by atoms with van der Waals surface area (Å²) in [6.45, 7) is 8.73. The van der Waals surface area contributed by atoms with Gasteiger partial charge in [-0.05, 0) is 18.8 Å². The molecule has 2 aliphatic heterocycles. The van der Waals surface area contributed by atoms with Crippen LogP contribution in [-0.2, 0) is 22.6 Å². The highest BCUT2D eigenvalue weighted by atomic mass is 16.2. The fraction of sp³-hybridized carbons (Fsp3) is 0.684. The molecule has 3 heterocycles. The first-order chi connectivity index (χ1) is 11.9. The summed E-state index contributed by atoms with van der Waals surface area (Å²) in [5, 5.41) is 0. The van der Waals surface area contributed by atoms with E-state index in [2.05, 4.69) is 18.8 Å². The zero-order chi connectivity index (χ0) is 18.0. The van der Waals surface area contributed by atoms with Gasteiger partial charge in [0, 0.05) is 63.6 Å². The second-order valence-electron chi connectivity index (χ2n) is 7.64. The molecule has 0 spiro atoms. The Bertz CT molecular complexity index is 651. The number of likely N-dealkylation sites (tertiary alicyclic amines) is 1. The van der Waals surface area contributed by atoms with Gasteiger partial charge in [-0.1, -0.05) is 13.8 Å². The third-order valence-corrected chi connectivity index (χ3v) is 5.19. The lowest BCUT2D eigenvalue weighted by Crippen LogP contribution is -2.39. The number of hydrogen-bond donors (Lipinski definition) is 0. The maximum Gasteiger partial charge on any atom is 0.222 e. The number of amides is 2. The van der Waals surface area contributed by atoms with Crippen molar-refractivity contribution in [3.63, 3.8) is 0 Å². The van der Waals surface area contributed by atoms with Crippen molar-refractivity contribution < 1.29 is 9.59 Å². The number of hydrogen-bond acceptors (Lipinski definition) is 4. The molecule has 0 aromatic carbocycles. The Morgan fingerprint density at radius 2 is 1.92 bits per heavy atom. The van der Waals surface area contributed by atoms with Crippen molar-refractivity contribution in [2.75, 3.05) is 19.6 Å². The average molecular weight is 344 g/mol. The average Bonchev–Trinajstić information content (AvgIpc) is 2.60. The predicted molar refractivity (Wildman–Crippen MR) is 94.8 cm³/mol. The van der Waals surface area contributed by atoms with Crippen LogP contribution in [0.2, 0.25) is 0 Å². The zero-order valence-corrected chi connectivity index (χ0v) is 15.5. The van der Waals surface area contributed by atoms with Gasteiger partial charge in [0.05, 0.1) is 5.69 Å². The molecule has 1 fully saturated rings. The van der Waals surface area contributed by atoms with Crippen molar-refractivity contribution in [3.05, 3.63) is 23.3 Å². The van der Waals surface area contributed by atoms with Gasteiger partial charge in [0.15, 0.2) is 0 Å². The van der Waals surface area contributed by atoms with E-state index in [1.807, 2.05) is 16.0 Å². The van der Waals surface area contributed by atoms with Gasteiger partial charge in [-0.25, -0.2) is 9.97 Å². The molecule has 0 bridgehead atoms. The second-order valence-corrected chi connectivity index (χ2v) is 7.64. The van der Waals surface area contributed by atoms with Crippen molar-refractivity contribution in [3.8, 4) is 0 Å². The SMILES string of the molecule is CC(=O)N1CCc2nc(C3CCN(C(=O)CC(C)C)CC3)ncc2C1. The van der Waals surface area contributed by atoms with Gasteiger partial charge in [0.25, 0.3) is 0 Å². The van der Waals surface area contributed by atoms with Gasteiger partial charge in [0.2, 0.25) is 11.8 Å². The molecule has 2 aliphatic rings. The Hall–Kier alpha value is -1.98. The van der Waals surface area contributed by atoms with Crippen LogP contribution in [0.25, 0.3) is 0 Å². The quantitative estimate of drug-likeness (QED) is 0.842. The Balaban J connectivity index is 1.61. The Labute approximate surface area is 149 Å². The molecule has 0 aliphatic carbocycles. The van der Waals surface area contributed by atoms with Crippen molar-refractivity contribution in [1.82, 2.24) is 19.8 Å². The Morgan fingerprint density at radius 1 is 1.20 bits per heavy atom. The van der Waals surface area contributed by atoms with Crippen molar-refractivity contribution in [1.29, 1.82) is 0 Å². The van der Waals surface area contributed by atoms with Crippen LogP contribution in [0.4, 0.5) is 0 Å². The van der Waals surface area contributed by atoms with Crippen molar-refractivity contribution in [2.45, 2.75) is 58.9 Å². The van der Waals surface area contributed by atoms with Crippen LogP contribution in [0.1, 0.15) is 63.0 Å². The molecule has 6 nitrogen and oxygen atoms in total. The number of piperidine rings is 1. The van der Waals surface area contributed by atoms with Gasteiger partial charge >= 0.3 is 0 Å².